The highest BCUT2D eigenvalue weighted by Crippen LogP contribution is 2.40. The van der Waals surface area contributed by atoms with E-state index in [1.807, 2.05) is 18.2 Å². The first-order valence-electron chi connectivity index (χ1n) is 7.56. The SMILES string of the molecule is CCOC(=O)C1=C(C)OC(N)=C(C#N)C1c1ccc2c(I)[nH]nc2c1. The number of carbonyl (C=O) groups is 1. The number of nitrogens with one attached hydrogen (secondary N) is 1. The zero-order valence-corrected chi connectivity index (χ0v) is 15.7. The van der Waals surface area contributed by atoms with Gasteiger partial charge in [-0.15, -0.1) is 0 Å². The first kappa shape index (κ1) is 17.3. The zero-order valence-electron chi connectivity index (χ0n) is 13.6. The normalized spacial score (nSPS) is 17.4. The van der Waals surface area contributed by atoms with Crippen LogP contribution in [0.2, 0.25) is 0 Å². The molecule has 1 atom stereocenters. The van der Waals surface area contributed by atoms with Crippen LogP contribution in [0.1, 0.15) is 25.3 Å². The summed E-state index contributed by atoms with van der Waals surface area (Å²) in [7, 11) is 0. The number of rotatable bonds is 3. The molecule has 0 spiro atoms. The number of esters is 1. The largest absolute Gasteiger partial charge is 0.463 e. The van der Waals surface area contributed by atoms with E-state index in [9.17, 15) is 10.1 Å². The molecule has 3 N–H and O–H groups in total. The second kappa shape index (κ2) is 6.76. The van der Waals surface area contributed by atoms with Crippen molar-refractivity contribution in [2.75, 3.05) is 6.61 Å². The van der Waals surface area contributed by atoms with Crippen LogP contribution in [0.25, 0.3) is 10.9 Å². The van der Waals surface area contributed by atoms with Gasteiger partial charge in [-0.05, 0) is 54.1 Å². The molecular weight excluding hydrogens is 435 g/mol. The number of halogens is 1. The van der Waals surface area contributed by atoms with E-state index in [-0.39, 0.29) is 23.6 Å². The highest BCUT2D eigenvalue weighted by molar-refractivity contribution is 14.1. The molecule has 0 fully saturated rings. The van der Waals surface area contributed by atoms with Gasteiger partial charge in [0.25, 0.3) is 0 Å². The van der Waals surface area contributed by atoms with Crippen molar-refractivity contribution in [3.63, 3.8) is 0 Å². The van der Waals surface area contributed by atoms with Crippen molar-refractivity contribution < 1.29 is 14.3 Å². The molecule has 0 aliphatic carbocycles. The average Bonchev–Trinajstić information content (AvgIpc) is 2.95. The number of nitriles is 1. The maximum Gasteiger partial charge on any atom is 0.338 e. The molecule has 0 bridgehead atoms. The molecule has 3 rings (SSSR count). The third-order valence-electron chi connectivity index (χ3n) is 3.97. The zero-order chi connectivity index (χ0) is 18.1. The molecule has 25 heavy (non-hydrogen) atoms. The molecule has 1 aliphatic rings. The fourth-order valence-electron chi connectivity index (χ4n) is 2.86. The Bertz CT molecular complexity index is 968. The number of ether oxygens (including phenoxy) is 2. The van der Waals surface area contributed by atoms with Crippen LogP contribution in [-0.2, 0) is 14.3 Å². The van der Waals surface area contributed by atoms with Gasteiger partial charge in [-0.25, -0.2) is 4.79 Å². The first-order chi connectivity index (χ1) is 12.0. The minimum absolute atomic E-state index is 0.00486. The van der Waals surface area contributed by atoms with Gasteiger partial charge in [0.1, 0.15) is 21.1 Å². The second-order valence-electron chi connectivity index (χ2n) is 5.43. The molecule has 2 heterocycles. The third kappa shape index (κ3) is 2.95. The molecule has 0 saturated carbocycles. The molecule has 0 amide bonds. The lowest BCUT2D eigenvalue weighted by atomic mass is 9.83. The number of fused-ring (bicyclic) bond motifs is 1. The van der Waals surface area contributed by atoms with Crippen LogP contribution in [0, 0.1) is 15.0 Å². The summed E-state index contributed by atoms with van der Waals surface area (Å²) in [6, 6.07) is 7.65. The number of aromatic nitrogens is 2. The van der Waals surface area contributed by atoms with Crippen molar-refractivity contribution in [3.8, 4) is 6.07 Å². The van der Waals surface area contributed by atoms with E-state index >= 15 is 0 Å². The molecule has 2 aromatic rings. The van der Waals surface area contributed by atoms with Gasteiger partial charge in [-0.3, -0.25) is 5.10 Å². The van der Waals surface area contributed by atoms with E-state index in [1.165, 1.54) is 0 Å². The Morgan fingerprint density at radius 1 is 1.56 bits per heavy atom. The van der Waals surface area contributed by atoms with Gasteiger partial charge in [0.15, 0.2) is 0 Å². The van der Waals surface area contributed by atoms with Crippen molar-refractivity contribution in [1.82, 2.24) is 10.2 Å². The topological polar surface area (TPSA) is 114 Å². The molecule has 1 aromatic heterocycles. The van der Waals surface area contributed by atoms with Crippen LogP contribution in [-0.4, -0.2) is 22.8 Å². The summed E-state index contributed by atoms with van der Waals surface area (Å²) in [5.41, 5.74) is 7.80. The summed E-state index contributed by atoms with van der Waals surface area (Å²) in [5.74, 6) is -0.857. The molecule has 1 unspecified atom stereocenters. The van der Waals surface area contributed by atoms with Crippen LogP contribution >= 0.6 is 22.6 Å². The number of hydrogen-bond donors (Lipinski definition) is 2. The number of allylic oxidation sites excluding steroid dienone is 2. The Morgan fingerprint density at radius 2 is 2.32 bits per heavy atom. The Balaban J connectivity index is 2.19. The molecule has 0 radical (unpaired) electrons. The van der Waals surface area contributed by atoms with Crippen molar-refractivity contribution in [2.24, 2.45) is 5.73 Å². The lowest BCUT2D eigenvalue weighted by Crippen LogP contribution is -2.25. The monoisotopic (exact) mass is 450 g/mol. The molecule has 7 nitrogen and oxygen atoms in total. The first-order valence-corrected chi connectivity index (χ1v) is 8.64. The lowest BCUT2D eigenvalue weighted by molar-refractivity contribution is -0.139. The maximum absolute atomic E-state index is 12.5. The van der Waals surface area contributed by atoms with E-state index in [4.69, 9.17) is 15.2 Å². The second-order valence-corrected chi connectivity index (χ2v) is 6.51. The Labute approximate surface area is 157 Å². The summed E-state index contributed by atoms with van der Waals surface area (Å²) >= 11 is 2.16. The Hall–Kier alpha value is -2.54. The minimum atomic E-state index is -0.656. The summed E-state index contributed by atoms with van der Waals surface area (Å²) < 4.78 is 11.5. The van der Waals surface area contributed by atoms with Gasteiger partial charge < -0.3 is 15.2 Å². The molecule has 0 saturated heterocycles. The lowest BCUT2D eigenvalue weighted by Gasteiger charge is -2.26. The van der Waals surface area contributed by atoms with Gasteiger partial charge >= 0.3 is 5.97 Å². The highest BCUT2D eigenvalue weighted by atomic mass is 127. The predicted octanol–water partition coefficient (Wildman–Crippen LogP) is 2.81. The number of H-pyrrole nitrogens is 1. The van der Waals surface area contributed by atoms with E-state index in [0.717, 1.165) is 20.2 Å². The van der Waals surface area contributed by atoms with Crippen molar-refractivity contribution >= 4 is 39.5 Å². The smallest absolute Gasteiger partial charge is 0.338 e. The van der Waals surface area contributed by atoms with Crippen molar-refractivity contribution in [3.05, 3.63) is 50.3 Å². The number of nitrogens with zero attached hydrogens (tertiary/aromatic N) is 2. The van der Waals surface area contributed by atoms with Gasteiger partial charge in [0, 0.05) is 5.39 Å². The van der Waals surface area contributed by atoms with Crippen LogP contribution in [0.4, 0.5) is 0 Å². The van der Waals surface area contributed by atoms with Gasteiger partial charge in [-0.2, -0.15) is 10.4 Å². The molecular formula is C17H15IN4O3. The van der Waals surface area contributed by atoms with Gasteiger partial charge in [0.05, 0.1) is 23.6 Å². The molecule has 8 heteroatoms. The highest BCUT2D eigenvalue weighted by Gasteiger charge is 2.36. The molecule has 1 aromatic carbocycles. The number of carbonyl (C=O) groups excluding carboxylic acids is 1. The average molecular weight is 450 g/mol. The van der Waals surface area contributed by atoms with Crippen molar-refractivity contribution in [1.29, 1.82) is 5.26 Å². The summed E-state index contributed by atoms with van der Waals surface area (Å²) in [5, 5.41) is 17.7. The fraction of sp³-hybridized carbons (Fsp3) is 0.235. The van der Waals surface area contributed by atoms with Crippen LogP contribution in [0.5, 0.6) is 0 Å². The van der Waals surface area contributed by atoms with Crippen molar-refractivity contribution in [2.45, 2.75) is 19.8 Å². The quantitative estimate of drug-likeness (QED) is 0.549. The van der Waals surface area contributed by atoms with Crippen LogP contribution in [0.15, 0.2) is 41.0 Å². The standard InChI is InChI=1S/C17H15IN4O3/c1-3-24-17(23)13-8(2)25-16(20)11(7-19)14(13)9-4-5-10-12(6-9)21-22-15(10)18/h4-6,14H,3,20H2,1-2H3,(H,21,22). The van der Waals surface area contributed by atoms with Gasteiger partial charge in [-0.1, -0.05) is 6.07 Å². The summed E-state index contributed by atoms with van der Waals surface area (Å²) in [6.07, 6.45) is 0. The minimum Gasteiger partial charge on any atom is -0.463 e. The number of benzene rings is 1. The Kier molecular flexibility index (Phi) is 4.67. The van der Waals surface area contributed by atoms with E-state index in [0.29, 0.717) is 5.76 Å². The summed E-state index contributed by atoms with van der Waals surface area (Å²) in [4.78, 5) is 12.5. The third-order valence-corrected chi connectivity index (χ3v) is 4.79. The summed E-state index contributed by atoms with van der Waals surface area (Å²) in [6.45, 7) is 3.58. The maximum atomic E-state index is 12.5. The fourth-order valence-corrected chi connectivity index (χ4v) is 3.44. The number of aromatic amines is 1. The molecule has 1 aliphatic heterocycles. The number of nitrogens with two attached hydrogens (primary N) is 1. The van der Waals surface area contributed by atoms with E-state index < -0.39 is 11.9 Å². The predicted molar refractivity (Wildman–Crippen MR) is 98.8 cm³/mol. The Morgan fingerprint density at radius 3 is 3.00 bits per heavy atom. The van der Waals surface area contributed by atoms with Crippen LogP contribution < -0.4 is 5.73 Å². The van der Waals surface area contributed by atoms with E-state index in [1.54, 1.807) is 13.8 Å². The van der Waals surface area contributed by atoms with Gasteiger partial charge in [0.2, 0.25) is 5.88 Å². The van der Waals surface area contributed by atoms with E-state index in [2.05, 4.69) is 38.9 Å². The molecule has 128 valence electrons. The number of hydrogen-bond acceptors (Lipinski definition) is 6. The van der Waals surface area contributed by atoms with Crippen LogP contribution in [0.3, 0.4) is 0 Å².